The summed E-state index contributed by atoms with van der Waals surface area (Å²) >= 11 is 28.1. The smallest absolute Gasteiger partial charge is 0.0623 e. The molecule has 0 spiro atoms. The second kappa shape index (κ2) is 9.11. The highest BCUT2D eigenvalue weighted by atomic mass is 127. The van der Waals surface area contributed by atoms with Crippen molar-refractivity contribution in [1.29, 1.82) is 0 Å². The Balaban J connectivity index is 5.53. The summed E-state index contributed by atoms with van der Waals surface area (Å²) in [5.41, 5.74) is 0. The SMILES string of the molecule is I[C](I)C(I)(I)C(I)(I)C(I)(I)C(I)(I)I. The average molecular weight is 1460 g/mol. The maximum atomic E-state index is 2.61. The van der Waals surface area contributed by atoms with Gasteiger partial charge in [-0.25, -0.2) is 0 Å². The summed E-state index contributed by atoms with van der Waals surface area (Å²) in [7, 11) is 0. The lowest BCUT2D eigenvalue weighted by Crippen LogP contribution is -2.53. The molecule has 0 aliphatic rings. The van der Waals surface area contributed by atoms with E-state index in [0.29, 0.717) is 0 Å². The molecule has 0 rings (SSSR count). The van der Waals surface area contributed by atoms with Gasteiger partial charge in [0, 0.05) is 0 Å². The van der Waals surface area contributed by atoms with Gasteiger partial charge in [-0.3, -0.25) is 0 Å². The molecule has 16 heavy (non-hydrogen) atoms. The fourth-order valence-electron chi connectivity index (χ4n) is 0.494. The Hall–Kier alpha value is 8.03. The highest BCUT2D eigenvalue weighted by Crippen LogP contribution is 2.72. The molecule has 0 N–H and O–H groups in total. The molecule has 0 unspecified atom stereocenters. The fraction of sp³-hybridized carbons (Fsp3) is 0.800. The van der Waals surface area contributed by atoms with Gasteiger partial charge >= 0.3 is 0 Å². The lowest BCUT2D eigenvalue weighted by atomic mass is 10.3. The van der Waals surface area contributed by atoms with E-state index in [1.54, 1.807) is 0 Å². The first-order valence-electron chi connectivity index (χ1n) is 3.08. The van der Waals surface area contributed by atoms with Crippen LogP contribution < -0.4 is 0 Å². The summed E-state index contributed by atoms with van der Waals surface area (Å²) in [6, 6.07) is 0. The second-order valence-corrected chi connectivity index (χ2v) is 33.7. The molecule has 0 bridgehead atoms. The summed E-state index contributed by atoms with van der Waals surface area (Å²) in [4.78, 5) is 0. The lowest BCUT2D eigenvalue weighted by molar-refractivity contribution is 0.872. The van der Waals surface area contributed by atoms with Gasteiger partial charge in [0.05, 0.1) is 0 Å². The van der Waals surface area contributed by atoms with Crippen molar-refractivity contribution < 1.29 is 0 Å². The Morgan fingerprint density at radius 3 is 1.06 bits per heavy atom. The van der Waals surface area contributed by atoms with Crippen molar-refractivity contribution in [3.63, 3.8) is 0 Å². The minimum atomic E-state index is 0.110. The summed E-state index contributed by atoms with van der Waals surface area (Å²) in [6.07, 6.45) is 0. The van der Waals surface area contributed by atoms with Gasteiger partial charge in [0.2, 0.25) is 0 Å². The van der Waals surface area contributed by atoms with Crippen molar-refractivity contribution in [2.75, 3.05) is 0 Å². The normalized spacial score (nSPS) is 15.8. The van der Waals surface area contributed by atoms with Crippen LogP contribution in [0.1, 0.15) is 0 Å². The Morgan fingerprint density at radius 1 is 0.562 bits per heavy atom. The van der Waals surface area contributed by atoms with E-state index < -0.39 is 0 Å². The molecule has 0 amide bonds. The number of hydrogen-bond donors (Lipinski definition) is 0. The van der Waals surface area contributed by atoms with Gasteiger partial charge < -0.3 is 0 Å². The Morgan fingerprint density at radius 2 is 0.875 bits per heavy atom. The fourth-order valence-corrected chi connectivity index (χ4v) is 12.7. The highest BCUT2D eigenvalue weighted by molar-refractivity contribution is 14.3. The van der Waals surface area contributed by atoms with Crippen LogP contribution in [0.4, 0.5) is 0 Å². The molecule has 0 aromatic heterocycles. The third-order valence-corrected chi connectivity index (χ3v) is 33.2. The molecule has 0 aliphatic heterocycles. The maximum Gasteiger partial charge on any atom is 0.149 e. The second-order valence-electron chi connectivity index (χ2n) is 2.48. The van der Waals surface area contributed by atoms with Crippen LogP contribution in [-0.2, 0) is 0 Å². The van der Waals surface area contributed by atoms with Crippen LogP contribution in [0.3, 0.4) is 0 Å². The van der Waals surface area contributed by atoms with Gasteiger partial charge in [-0.15, -0.1) is 0 Å². The minimum Gasteiger partial charge on any atom is -0.0623 e. The predicted octanol–water partition coefficient (Wildman–Crippen LogP) is 9.00. The molecule has 97 valence electrons. The Labute approximate surface area is 246 Å². The van der Waals surface area contributed by atoms with Crippen LogP contribution in [0.25, 0.3) is 0 Å². The van der Waals surface area contributed by atoms with Gasteiger partial charge in [0.25, 0.3) is 0 Å². The van der Waals surface area contributed by atoms with E-state index in [0.717, 1.165) is 0 Å². The van der Waals surface area contributed by atoms with Crippen LogP contribution in [0, 0.1) is 1.93 Å². The zero-order valence-corrected chi connectivity index (χ0v) is 30.4. The number of hydrogen-bond acceptors (Lipinski definition) is 0. The van der Waals surface area contributed by atoms with E-state index >= 15 is 0 Å². The lowest BCUT2D eigenvalue weighted by Gasteiger charge is -2.47. The van der Waals surface area contributed by atoms with Gasteiger partial charge in [0.1, 0.15) is 5.65 Å². The maximum absolute atomic E-state index is 2.61. The van der Waals surface area contributed by atoms with E-state index in [1.165, 1.54) is 1.93 Å². The molecule has 0 saturated heterocycles. The molecule has 1 radical (unpaired) electrons. The molecular weight excluding hydrogens is 1460 g/mol. The zero-order valence-electron chi connectivity index (χ0n) is 6.66. The monoisotopic (exact) mass is 1460 g/mol. The standard InChI is InChI=1S/C5I11/c6-1(7)2(8,9)3(10,11)4(12,13)5(14,15)16. The van der Waals surface area contributed by atoms with E-state index in [9.17, 15) is 0 Å². The van der Waals surface area contributed by atoms with Gasteiger partial charge in [0.15, 0.2) is 0 Å². The molecule has 0 fully saturated rings. The van der Waals surface area contributed by atoms with E-state index in [2.05, 4.69) is 248 Å². The molecular formula is C5I11. The highest BCUT2D eigenvalue weighted by Gasteiger charge is 2.65. The third-order valence-electron chi connectivity index (χ3n) is 1.38. The summed E-state index contributed by atoms with van der Waals surface area (Å²) in [5.74, 6) is 0. The zero-order chi connectivity index (χ0) is 13.6. The molecule has 0 aromatic carbocycles. The van der Waals surface area contributed by atoms with E-state index in [1.807, 2.05) is 0 Å². The van der Waals surface area contributed by atoms with Crippen molar-refractivity contribution in [2.24, 2.45) is 0 Å². The van der Waals surface area contributed by atoms with Gasteiger partial charge in [-0.05, 0) is 0 Å². The molecule has 0 aliphatic carbocycles. The van der Waals surface area contributed by atoms with E-state index in [-0.39, 0.29) is 3.72 Å². The predicted molar refractivity (Wildman–Crippen MR) is 168 cm³/mol. The van der Waals surface area contributed by atoms with Crippen molar-refractivity contribution in [2.45, 2.75) is 3.72 Å². The number of rotatable bonds is 4. The summed E-state index contributed by atoms with van der Waals surface area (Å²) in [5, 5.41) is 0. The first kappa shape index (κ1) is 24.0. The summed E-state index contributed by atoms with van der Waals surface area (Å²) in [6.45, 7) is 0. The molecule has 11 heteroatoms. The molecule has 0 aromatic rings. The van der Waals surface area contributed by atoms with Crippen molar-refractivity contribution >= 4 is 248 Å². The van der Waals surface area contributed by atoms with Gasteiger partial charge in [-0.2, -0.15) is 0 Å². The minimum absolute atomic E-state index is 0.110. The van der Waals surface area contributed by atoms with Crippen LogP contribution in [0.5, 0.6) is 0 Å². The van der Waals surface area contributed by atoms with Crippen molar-refractivity contribution in [1.82, 2.24) is 0 Å². The molecule has 0 nitrogen and oxygen atoms in total. The largest absolute Gasteiger partial charge is 0.149 e. The van der Waals surface area contributed by atoms with Crippen LogP contribution >= 0.6 is 248 Å². The van der Waals surface area contributed by atoms with Gasteiger partial charge in [-0.1, -0.05) is 248 Å². The van der Waals surface area contributed by atoms with Crippen molar-refractivity contribution in [3.05, 3.63) is 1.93 Å². The van der Waals surface area contributed by atoms with Crippen LogP contribution in [0.15, 0.2) is 0 Å². The molecule has 0 saturated carbocycles. The first-order valence-corrected chi connectivity index (χ1v) is 14.9. The quantitative estimate of drug-likeness (QED) is 0.195. The first-order chi connectivity index (χ1) is 6.69. The molecule has 0 heterocycles. The Kier molecular flexibility index (Phi) is 13.7. The summed E-state index contributed by atoms with van der Waals surface area (Å²) < 4.78 is 1.91. The number of halogens is 11. The van der Waals surface area contributed by atoms with Crippen molar-refractivity contribution in [3.8, 4) is 0 Å². The number of alkyl halides is 9. The van der Waals surface area contributed by atoms with E-state index in [4.69, 9.17) is 0 Å². The average Bonchev–Trinajstić information content (AvgIpc) is 2.00. The van der Waals surface area contributed by atoms with Crippen LogP contribution in [0.2, 0.25) is 0 Å². The molecule has 0 atom stereocenters. The van der Waals surface area contributed by atoms with Crippen LogP contribution in [-0.4, -0.2) is 3.72 Å². The Bertz CT molecular complexity index is 248. The third kappa shape index (κ3) is 5.79. The topological polar surface area (TPSA) is 0 Å².